The molecular formula is C32H40N2O3. The van der Waals surface area contributed by atoms with Crippen LogP contribution >= 0.6 is 0 Å². The minimum absolute atomic E-state index is 0.0110. The molecule has 1 N–H and O–H groups in total. The third-order valence-electron chi connectivity index (χ3n) is 6.78. The van der Waals surface area contributed by atoms with Gasteiger partial charge in [0.1, 0.15) is 11.8 Å². The SMILES string of the molecule is CC[C@H](C)NC(=O)[C@@H](Cc1ccccc1)N(Cc1ccccc1C)C(=O)COc1ccc(C(C)C)cc1. The summed E-state index contributed by atoms with van der Waals surface area (Å²) in [4.78, 5) is 29.0. The highest BCUT2D eigenvalue weighted by atomic mass is 16.5. The minimum atomic E-state index is -0.671. The molecule has 0 spiro atoms. The Kier molecular flexibility index (Phi) is 10.3. The molecule has 0 aromatic heterocycles. The van der Waals surface area contributed by atoms with Gasteiger partial charge in [0.25, 0.3) is 5.91 Å². The second-order valence-electron chi connectivity index (χ2n) is 9.98. The second-order valence-corrected chi connectivity index (χ2v) is 9.98. The first kappa shape index (κ1) is 28.0. The Hall–Kier alpha value is -3.60. The monoisotopic (exact) mass is 500 g/mol. The highest BCUT2D eigenvalue weighted by molar-refractivity contribution is 5.88. The number of ether oxygens (including phenoxy) is 1. The van der Waals surface area contributed by atoms with Crippen LogP contribution < -0.4 is 10.1 Å². The molecule has 0 unspecified atom stereocenters. The summed E-state index contributed by atoms with van der Waals surface area (Å²) in [5.74, 6) is 0.679. The highest BCUT2D eigenvalue weighted by Crippen LogP contribution is 2.20. The maximum Gasteiger partial charge on any atom is 0.261 e. The van der Waals surface area contributed by atoms with Crippen LogP contribution in [0, 0.1) is 6.92 Å². The summed E-state index contributed by atoms with van der Waals surface area (Å²) in [6, 6.07) is 25.0. The summed E-state index contributed by atoms with van der Waals surface area (Å²) in [6.45, 7) is 10.5. The van der Waals surface area contributed by atoms with Crippen LogP contribution in [0.2, 0.25) is 0 Å². The van der Waals surface area contributed by atoms with Crippen LogP contribution in [0.4, 0.5) is 0 Å². The number of hydrogen-bond acceptors (Lipinski definition) is 3. The molecule has 3 aromatic rings. The van der Waals surface area contributed by atoms with E-state index in [1.165, 1.54) is 5.56 Å². The summed E-state index contributed by atoms with van der Waals surface area (Å²) < 4.78 is 5.91. The van der Waals surface area contributed by atoms with E-state index in [9.17, 15) is 9.59 Å². The summed E-state index contributed by atoms with van der Waals surface area (Å²) >= 11 is 0. The van der Waals surface area contributed by atoms with Gasteiger partial charge in [0.05, 0.1) is 0 Å². The van der Waals surface area contributed by atoms with Gasteiger partial charge in [-0.2, -0.15) is 0 Å². The molecule has 3 aromatic carbocycles. The largest absolute Gasteiger partial charge is 0.484 e. The smallest absolute Gasteiger partial charge is 0.261 e. The lowest BCUT2D eigenvalue weighted by Crippen LogP contribution is -2.53. The fraction of sp³-hybridized carbons (Fsp3) is 0.375. The number of nitrogens with zero attached hydrogens (tertiary/aromatic N) is 1. The van der Waals surface area contributed by atoms with Crippen molar-refractivity contribution in [2.24, 2.45) is 0 Å². The van der Waals surface area contributed by atoms with E-state index in [1.807, 2.05) is 99.6 Å². The quantitative estimate of drug-likeness (QED) is 0.329. The van der Waals surface area contributed by atoms with Crippen molar-refractivity contribution < 1.29 is 14.3 Å². The Morgan fingerprint density at radius 2 is 1.54 bits per heavy atom. The van der Waals surface area contributed by atoms with Crippen molar-refractivity contribution in [3.05, 3.63) is 101 Å². The summed E-state index contributed by atoms with van der Waals surface area (Å²) in [5.41, 5.74) is 4.29. The molecular weight excluding hydrogens is 460 g/mol. The van der Waals surface area contributed by atoms with Crippen molar-refractivity contribution in [3.63, 3.8) is 0 Å². The van der Waals surface area contributed by atoms with E-state index in [2.05, 4.69) is 19.2 Å². The number of rotatable bonds is 12. The molecule has 37 heavy (non-hydrogen) atoms. The van der Waals surface area contributed by atoms with Crippen molar-refractivity contribution in [2.45, 2.75) is 72.0 Å². The maximum atomic E-state index is 13.7. The lowest BCUT2D eigenvalue weighted by Gasteiger charge is -2.32. The Morgan fingerprint density at radius 1 is 0.892 bits per heavy atom. The van der Waals surface area contributed by atoms with E-state index < -0.39 is 6.04 Å². The molecule has 0 bridgehead atoms. The van der Waals surface area contributed by atoms with Crippen LogP contribution in [0.1, 0.15) is 62.3 Å². The van der Waals surface area contributed by atoms with Crippen LogP contribution in [0.3, 0.4) is 0 Å². The fourth-order valence-corrected chi connectivity index (χ4v) is 4.14. The predicted octanol–water partition coefficient (Wildman–Crippen LogP) is 6.05. The number of benzene rings is 3. The molecule has 5 heteroatoms. The van der Waals surface area contributed by atoms with Crippen molar-refractivity contribution in [1.29, 1.82) is 0 Å². The predicted molar refractivity (Wildman–Crippen MR) is 150 cm³/mol. The number of amides is 2. The van der Waals surface area contributed by atoms with Crippen LogP contribution in [0.5, 0.6) is 5.75 Å². The number of carbonyl (C=O) groups excluding carboxylic acids is 2. The Bertz CT molecular complexity index is 1140. The molecule has 3 rings (SSSR count). The second kappa shape index (κ2) is 13.6. The van der Waals surface area contributed by atoms with Gasteiger partial charge in [-0.15, -0.1) is 0 Å². The first-order valence-corrected chi connectivity index (χ1v) is 13.2. The molecule has 5 nitrogen and oxygen atoms in total. The van der Waals surface area contributed by atoms with E-state index in [-0.39, 0.29) is 24.5 Å². The lowest BCUT2D eigenvalue weighted by atomic mass is 10.0. The third-order valence-corrected chi connectivity index (χ3v) is 6.78. The van der Waals surface area contributed by atoms with Gasteiger partial charge in [0, 0.05) is 19.0 Å². The molecule has 2 amide bonds. The van der Waals surface area contributed by atoms with Gasteiger partial charge in [-0.3, -0.25) is 9.59 Å². The molecule has 196 valence electrons. The van der Waals surface area contributed by atoms with E-state index >= 15 is 0 Å². The molecule has 2 atom stereocenters. The van der Waals surface area contributed by atoms with Gasteiger partial charge in [0.15, 0.2) is 6.61 Å². The molecule has 0 aliphatic carbocycles. The Labute approximate surface area is 221 Å². The van der Waals surface area contributed by atoms with Crippen molar-refractivity contribution in [2.75, 3.05) is 6.61 Å². The van der Waals surface area contributed by atoms with E-state index in [0.717, 1.165) is 23.1 Å². The van der Waals surface area contributed by atoms with Crippen LogP contribution in [0.25, 0.3) is 0 Å². The Balaban J connectivity index is 1.90. The van der Waals surface area contributed by atoms with Gasteiger partial charge in [-0.25, -0.2) is 0 Å². The number of hydrogen-bond donors (Lipinski definition) is 1. The molecule has 0 heterocycles. The number of aryl methyl sites for hydroxylation is 1. The van der Waals surface area contributed by atoms with E-state index in [4.69, 9.17) is 4.74 Å². The zero-order valence-corrected chi connectivity index (χ0v) is 22.7. The van der Waals surface area contributed by atoms with Crippen LogP contribution in [-0.4, -0.2) is 35.4 Å². The van der Waals surface area contributed by atoms with E-state index in [1.54, 1.807) is 4.90 Å². The highest BCUT2D eigenvalue weighted by Gasteiger charge is 2.31. The Morgan fingerprint density at radius 3 is 2.16 bits per heavy atom. The molecule has 0 saturated carbocycles. The molecule has 0 saturated heterocycles. The topological polar surface area (TPSA) is 58.6 Å². The zero-order valence-electron chi connectivity index (χ0n) is 22.7. The van der Waals surface area contributed by atoms with Gasteiger partial charge in [-0.05, 0) is 60.6 Å². The maximum absolute atomic E-state index is 13.7. The zero-order chi connectivity index (χ0) is 26.8. The van der Waals surface area contributed by atoms with Crippen molar-refractivity contribution in [3.8, 4) is 5.75 Å². The van der Waals surface area contributed by atoms with Crippen LogP contribution in [0.15, 0.2) is 78.9 Å². The molecule has 0 radical (unpaired) electrons. The van der Waals surface area contributed by atoms with Gasteiger partial charge in [-0.1, -0.05) is 87.5 Å². The summed E-state index contributed by atoms with van der Waals surface area (Å²) in [7, 11) is 0. The van der Waals surface area contributed by atoms with Gasteiger partial charge < -0.3 is 15.0 Å². The summed E-state index contributed by atoms with van der Waals surface area (Å²) in [5, 5.41) is 3.10. The first-order chi connectivity index (χ1) is 17.8. The first-order valence-electron chi connectivity index (χ1n) is 13.2. The van der Waals surface area contributed by atoms with Crippen LogP contribution in [-0.2, 0) is 22.6 Å². The fourth-order valence-electron chi connectivity index (χ4n) is 4.14. The standard InChI is InChI=1S/C32H40N2O3/c1-6-25(5)33-32(36)30(20-26-13-8-7-9-14-26)34(21-28-15-11-10-12-24(28)4)31(35)22-37-29-18-16-27(17-19-29)23(2)3/h7-19,23,25,30H,6,20-22H2,1-5H3,(H,33,36)/t25-,30+/m0/s1. The van der Waals surface area contributed by atoms with Gasteiger partial charge >= 0.3 is 0 Å². The number of nitrogens with one attached hydrogen (secondary N) is 1. The van der Waals surface area contributed by atoms with Gasteiger partial charge in [0.2, 0.25) is 5.91 Å². The minimum Gasteiger partial charge on any atom is -0.484 e. The normalized spacial score (nSPS) is 12.6. The average Bonchev–Trinajstić information content (AvgIpc) is 2.90. The van der Waals surface area contributed by atoms with Crippen molar-refractivity contribution >= 4 is 11.8 Å². The van der Waals surface area contributed by atoms with E-state index in [0.29, 0.717) is 24.6 Å². The third kappa shape index (κ3) is 8.21. The molecule has 0 aliphatic heterocycles. The lowest BCUT2D eigenvalue weighted by molar-refractivity contribution is -0.143. The molecule has 0 aliphatic rings. The summed E-state index contributed by atoms with van der Waals surface area (Å²) in [6.07, 6.45) is 1.23. The average molecular weight is 501 g/mol. The number of carbonyl (C=O) groups is 2. The molecule has 0 fully saturated rings. The van der Waals surface area contributed by atoms with Crippen molar-refractivity contribution in [1.82, 2.24) is 10.2 Å².